The molecule has 4 heteroatoms. The molecule has 0 atom stereocenters. The van der Waals surface area contributed by atoms with Crippen molar-refractivity contribution in [1.29, 1.82) is 0 Å². The van der Waals surface area contributed by atoms with Crippen LogP contribution in [-0.2, 0) is 0 Å². The van der Waals surface area contributed by atoms with Crippen LogP contribution in [0.1, 0.15) is 116 Å². The summed E-state index contributed by atoms with van der Waals surface area (Å²) in [6.07, 6.45) is 22.5. The predicted molar refractivity (Wildman–Crippen MR) is 122 cm³/mol. The van der Waals surface area contributed by atoms with Gasteiger partial charge in [0.1, 0.15) is 0 Å². The smallest absolute Gasteiger partial charge is 0.319 e. The van der Waals surface area contributed by atoms with E-state index in [1.54, 1.807) is 19.0 Å². The molecule has 0 saturated heterocycles. The monoisotopic (exact) mass is 398 g/mol. The molecule has 1 N–H and O–H groups in total. The van der Waals surface area contributed by atoms with E-state index in [4.69, 9.17) is 5.11 Å². The number of rotatable bonds is 20. The predicted octanol–water partition coefficient (Wildman–Crippen LogP) is 6.61. The van der Waals surface area contributed by atoms with Crippen molar-refractivity contribution in [2.45, 2.75) is 116 Å². The quantitative estimate of drug-likeness (QED) is 0.234. The summed E-state index contributed by atoms with van der Waals surface area (Å²) < 4.78 is 0. The van der Waals surface area contributed by atoms with Crippen molar-refractivity contribution < 1.29 is 9.90 Å². The minimum Gasteiger partial charge on any atom is -0.396 e. The number of hydrogen-bond donors (Lipinski definition) is 1. The lowest BCUT2D eigenvalue weighted by molar-refractivity contribution is 0.163. The number of carbonyl (C=O) groups is 1. The van der Waals surface area contributed by atoms with Crippen molar-refractivity contribution in [2.24, 2.45) is 0 Å². The lowest BCUT2D eigenvalue weighted by atomic mass is 10.0. The Morgan fingerprint density at radius 3 is 1.32 bits per heavy atom. The molecule has 0 radical (unpaired) electrons. The fourth-order valence-electron chi connectivity index (χ4n) is 3.70. The number of hydrogen-bond acceptors (Lipinski definition) is 2. The van der Waals surface area contributed by atoms with Gasteiger partial charge in [0.2, 0.25) is 0 Å². The summed E-state index contributed by atoms with van der Waals surface area (Å²) in [5.74, 6) is 0. The third-order valence-corrected chi connectivity index (χ3v) is 5.52. The average molecular weight is 399 g/mol. The zero-order valence-electron chi connectivity index (χ0n) is 19.4. The van der Waals surface area contributed by atoms with Gasteiger partial charge in [-0.1, -0.05) is 103 Å². The highest BCUT2D eigenvalue weighted by molar-refractivity contribution is 5.73. The number of carbonyl (C=O) groups excluding carboxylic acids is 1. The maximum absolute atomic E-state index is 12.1. The Bertz CT molecular complexity index is 335. The van der Waals surface area contributed by atoms with Crippen LogP contribution in [0.3, 0.4) is 0 Å². The van der Waals surface area contributed by atoms with Crippen molar-refractivity contribution >= 4 is 6.03 Å². The summed E-state index contributed by atoms with van der Waals surface area (Å²) in [5, 5.41) is 9.00. The minimum absolute atomic E-state index is 0.0643. The second-order valence-corrected chi connectivity index (χ2v) is 8.54. The van der Waals surface area contributed by atoms with Gasteiger partial charge in [-0.2, -0.15) is 0 Å². The molecule has 0 spiro atoms. The Morgan fingerprint density at radius 2 is 0.964 bits per heavy atom. The third-order valence-electron chi connectivity index (χ3n) is 5.52. The molecule has 0 aromatic carbocycles. The summed E-state index contributed by atoms with van der Waals surface area (Å²) in [6, 6.07) is 0.0643. The van der Waals surface area contributed by atoms with Gasteiger partial charge in [0.15, 0.2) is 0 Å². The van der Waals surface area contributed by atoms with Crippen LogP contribution in [0.4, 0.5) is 4.79 Å². The van der Waals surface area contributed by atoms with Crippen LogP contribution >= 0.6 is 0 Å². The Morgan fingerprint density at radius 1 is 0.607 bits per heavy atom. The molecule has 0 rings (SSSR count). The Hall–Kier alpha value is -0.770. The van der Waals surface area contributed by atoms with E-state index in [1.165, 1.54) is 96.3 Å². The van der Waals surface area contributed by atoms with E-state index in [-0.39, 0.29) is 12.6 Å². The van der Waals surface area contributed by atoms with E-state index in [1.807, 2.05) is 4.90 Å². The summed E-state index contributed by atoms with van der Waals surface area (Å²) >= 11 is 0. The van der Waals surface area contributed by atoms with E-state index in [0.29, 0.717) is 13.0 Å². The second kappa shape index (κ2) is 21.0. The minimum atomic E-state index is 0.0643. The largest absolute Gasteiger partial charge is 0.396 e. The molecular formula is C24H50N2O2. The molecule has 0 bridgehead atoms. The van der Waals surface area contributed by atoms with Crippen molar-refractivity contribution in [3.63, 3.8) is 0 Å². The zero-order valence-corrected chi connectivity index (χ0v) is 19.4. The SMILES string of the molecule is CCCCCCCCCCCCCCCCCCN(CCCO)C(=O)N(C)C. The van der Waals surface area contributed by atoms with Crippen molar-refractivity contribution in [2.75, 3.05) is 33.8 Å². The van der Waals surface area contributed by atoms with Crippen molar-refractivity contribution in [3.8, 4) is 0 Å². The van der Waals surface area contributed by atoms with Gasteiger partial charge in [-0.3, -0.25) is 0 Å². The summed E-state index contributed by atoms with van der Waals surface area (Å²) in [7, 11) is 3.59. The molecule has 0 aliphatic rings. The highest BCUT2D eigenvalue weighted by Crippen LogP contribution is 2.14. The molecule has 0 aromatic rings. The van der Waals surface area contributed by atoms with Gasteiger partial charge in [-0.05, 0) is 12.8 Å². The summed E-state index contributed by atoms with van der Waals surface area (Å²) in [4.78, 5) is 15.6. The lowest BCUT2D eigenvalue weighted by Crippen LogP contribution is -2.40. The van der Waals surface area contributed by atoms with Gasteiger partial charge >= 0.3 is 6.03 Å². The van der Waals surface area contributed by atoms with Crippen LogP contribution in [0.5, 0.6) is 0 Å². The van der Waals surface area contributed by atoms with Crippen LogP contribution < -0.4 is 0 Å². The first kappa shape index (κ1) is 27.2. The van der Waals surface area contributed by atoms with Crippen molar-refractivity contribution in [3.05, 3.63) is 0 Å². The number of nitrogens with zero attached hydrogens (tertiary/aromatic N) is 2. The maximum atomic E-state index is 12.1. The van der Waals surface area contributed by atoms with Crippen LogP contribution in [0.2, 0.25) is 0 Å². The van der Waals surface area contributed by atoms with E-state index in [0.717, 1.165) is 13.0 Å². The fraction of sp³-hybridized carbons (Fsp3) is 0.958. The molecule has 28 heavy (non-hydrogen) atoms. The van der Waals surface area contributed by atoms with Gasteiger partial charge in [0.25, 0.3) is 0 Å². The first-order valence-electron chi connectivity index (χ1n) is 12.2. The lowest BCUT2D eigenvalue weighted by Gasteiger charge is -2.26. The normalized spacial score (nSPS) is 11.0. The third kappa shape index (κ3) is 17.3. The van der Waals surface area contributed by atoms with Crippen molar-refractivity contribution in [1.82, 2.24) is 9.80 Å². The number of aliphatic hydroxyl groups is 1. The molecule has 0 aliphatic carbocycles. The molecule has 0 aliphatic heterocycles. The van der Waals surface area contributed by atoms with Gasteiger partial charge in [-0.25, -0.2) is 4.79 Å². The average Bonchev–Trinajstić information content (AvgIpc) is 2.69. The Balaban J connectivity index is 3.40. The highest BCUT2D eigenvalue weighted by atomic mass is 16.3. The Kier molecular flexibility index (Phi) is 20.4. The molecule has 0 fully saturated rings. The molecule has 0 heterocycles. The van der Waals surface area contributed by atoms with E-state index in [9.17, 15) is 4.79 Å². The van der Waals surface area contributed by atoms with Gasteiger partial charge in [0, 0.05) is 33.8 Å². The second-order valence-electron chi connectivity index (χ2n) is 8.54. The standard InChI is InChI=1S/C24H50N2O2/c1-4-5-6-7-8-9-10-11-12-13-14-15-16-17-18-19-21-26(22-20-23-27)24(28)25(2)3/h27H,4-23H2,1-3H3. The topological polar surface area (TPSA) is 43.8 Å². The summed E-state index contributed by atoms with van der Waals surface area (Å²) in [5.41, 5.74) is 0. The van der Waals surface area contributed by atoms with E-state index in [2.05, 4.69) is 6.92 Å². The molecule has 4 nitrogen and oxygen atoms in total. The highest BCUT2D eigenvalue weighted by Gasteiger charge is 2.14. The molecule has 168 valence electrons. The zero-order chi connectivity index (χ0) is 20.9. The molecule has 0 aromatic heterocycles. The molecule has 0 saturated carbocycles. The fourth-order valence-corrected chi connectivity index (χ4v) is 3.70. The number of aliphatic hydroxyl groups excluding tert-OH is 1. The number of urea groups is 1. The first-order chi connectivity index (χ1) is 13.6. The van der Waals surface area contributed by atoms with Crippen LogP contribution in [-0.4, -0.2) is 54.7 Å². The maximum Gasteiger partial charge on any atom is 0.319 e. The van der Waals surface area contributed by atoms with Gasteiger partial charge < -0.3 is 14.9 Å². The van der Waals surface area contributed by atoms with E-state index < -0.39 is 0 Å². The first-order valence-corrected chi connectivity index (χ1v) is 12.2. The van der Waals surface area contributed by atoms with Gasteiger partial charge in [0.05, 0.1) is 0 Å². The molecule has 0 unspecified atom stereocenters. The van der Waals surface area contributed by atoms with Crippen LogP contribution in [0, 0.1) is 0 Å². The summed E-state index contributed by atoms with van der Waals surface area (Å²) in [6.45, 7) is 3.90. The van der Waals surface area contributed by atoms with Crippen LogP contribution in [0.25, 0.3) is 0 Å². The molecule has 2 amide bonds. The van der Waals surface area contributed by atoms with Gasteiger partial charge in [-0.15, -0.1) is 0 Å². The van der Waals surface area contributed by atoms with Crippen LogP contribution in [0.15, 0.2) is 0 Å². The number of amides is 2. The molecular weight excluding hydrogens is 348 g/mol. The number of unbranched alkanes of at least 4 members (excludes halogenated alkanes) is 15. The van der Waals surface area contributed by atoms with E-state index >= 15 is 0 Å². The Labute approximate surface area is 176 Å².